The molecule has 0 unspecified atom stereocenters. The van der Waals surface area contributed by atoms with Gasteiger partial charge < -0.3 is 21.1 Å². The zero-order valence-corrected chi connectivity index (χ0v) is 15.4. The van der Waals surface area contributed by atoms with Gasteiger partial charge in [-0.15, -0.1) is 23.7 Å². The number of thiazole rings is 1. The Morgan fingerprint density at radius 3 is 2.88 bits per heavy atom. The number of hydrogen-bond donors (Lipinski definition) is 3. The van der Waals surface area contributed by atoms with Gasteiger partial charge in [-0.25, -0.2) is 4.98 Å². The summed E-state index contributed by atoms with van der Waals surface area (Å²) in [5.41, 5.74) is 6.53. The Balaban J connectivity index is 0.00000312. The van der Waals surface area contributed by atoms with Crippen LogP contribution < -0.4 is 21.1 Å². The maximum absolute atomic E-state index is 11.9. The van der Waals surface area contributed by atoms with Gasteiger partial charge in [-0.3, -0.25) is 9.59 Å². The summed E-state index contributed by atoms with van der Waals surface area (Å²) in [4.78, 5) is 27.2. The quantitative estimate of drug-likeness (QED) is 0.602. The van der Waals surface area contributed by atoms with Gasteiger partial charge in [0, 0.05) is 30.5 Å². The zero-order chi connectivity index (χ0) is 17.4. The van der Waals surface area contributed by atoms with Crippen molar-refractivity contribution in [3.8, 4) is 5.75 Å². The van der Waals surface area contributed by atoms with Crippen LogP contribution in [-0.4, -0.2) is 36.5 Å². The molecule has 0 saturated carbocycles. The molecule has 0 spiro atoms. The number of aromatic nitrogens is 1. The Morgan fingerprint density at radius 2 is 2.16 bits per heavy atom. The highest BCUT2D eigenvalue weighted by atomic mass is 35.5. The number of nitrogens with one attached hydrogen (secondary N) is 2. The van der Waals surface area contributed by atoms with E-state index < -0.39 is 0 Å². The van der Waals surface area contributed by atoms with E-state index in [0.717, 1.165) is 5.01 Å². The minimum atomic E-state index is -0.231. The number of carbonyl (C=O) groups is 2. The van der Waals surface area contributed by atoms with Crippen LogP contribution in [-0.2, 0) is 11.2 Å². The Bertz CT molecular complexity index is 708. The number of rotatable bonds is 8. The van der Waals surface area contributed by atoms with Gasteiger partial charge >= 0.3 is 0 Å². The molecule has 0 aliphatic carbocycles. The van der Waals surface area contributed by atoms with Gasteiger partial charge in [0.25, 0.3) is 5.91 Å². The standard InChI is InChI=1S/C16H20N4O3S.ClH/c1-11(21)19-12-3-2-4-13(9-12)23-8-7-18-16(22)14-10-24-15(20-14)5-6-17;/h2-4,9-10H,5-8,17H2,1H3,(H,18,22)(H,19,21);1H. The van der Waals surface area contributed by atoms with E-state index in [1.165, 1.54) is 18.3 Å². The summed E-state index contributed by atoms with van der Waals surface area (Å²) in [5.74, 6) is 0.246. The molecule has 9 heteroatoms. The lowest BCUT2D eigenvalue weighted by Crippen LogP contribution is -2.28. The van der Waals surface area contributed by atoms with Crippen LogP contribution in [0.5, 0.6) is 5.75 Å². The van der Waals surface area contributed by atoms with E-state index in [9.17, 15) is 9.59 Å². The molecule has 0 bridgehead atoms. The second-order valence-corrected chi connectivity index (χ2v) is 5.92. The van der Waals surface area contributed by atoms with Gasteiger partial charge in [-0.05, 0) is 18.7 Å². The third kappa shape index (κ3) is 7.08. The van der Waals surface area contributed by atoms with Gasteiger partial charge in [-0.2, -0.15) is 0 Å². The number of nitrogens with zero attached hydrogens (tertiary/aromatic N) is 1. The first-order chi connectivity index (χ1) is 11.6. The lowest BCUT2D eigenvalue weighted by atomic mass is 10.3. The van der Waals surface area contributed by atoms with Crippen LogP contribution >= 0.6 is 23.7 Å². The van der Waals surface area contributed by atoms with Crippen molar-refractivity contribution in [2.45, 2.75) is 13.3 Å². The largest absolute Gasteiger partial charge is 0.492 e. The first-order valence-electron chi connectivity index (χ1n) is 7.51. The molecule has 0 fully saturated rings. The van der Waals surface area contributed by atoms with E-state index in [-0.39, 0.29) is 24.2 Å². The van der Waals surface area contributed by atoms with E-state index in [1.54, 1.807) is 29.6 Å². The number of amides is 2. The summed E-state index contributed by atoms with van der Waals surface area (Å²) in [6.45, 7) is 2.63. The van der Waals surface area contributed by atoms with Gasteiger partial charge in [0.15, 0.2) is 0 Å². The molecule has 7 nitrogen and oxygen atoms in total. The second-order valence-electron chi connectivity index (χ2n) is 4.98. The van der Waals surface area contributed by atoms with E-state index in [1.807, 2.05) is 0 Å². The summed E-state index contributed by atoms with van der Waals surface area (Å²) in [7, 11) is 0. The van der Waals surface area contributed by atoms with Crippen LogP contribution in [0.2, 0.25) is 0 Å². The van der Waals surface area contributed by atoms with E-state index >= 15 is 0 Å². The average Bonchev–Trinajstić information content (AvgIpc) is 3.00. The summed E-state index contributed by atoms with van der Waals surface area (Å²) >= 11 is 1.43. The minimum absolute atomic E-state index is 0. The molecule has 4 N–H and O–H groups in total. The number of halogens is 1. The zero-order valence-electron chi connectivity index (χ0n) is 13.8. The fourth-order valence-electron chi connectivity index (χ4n) is 1.94. The molecule has 1 aromatic carbocycles. The van der Waals surface area contributed by atoms with Crippen molar-refractivity contribution in [1.29, 1.82) is 0 Å². The van der Waals surface area contributed by atoms with E-state index in [2.05, 4.69) is 15.6 Å². The summed E-state index contributed by atoms with van der Waals surface area (Å²) in [6.07, 6.45) is 0.672. The lowest BCUT2D eigenvalue weighted by molar-refractivity contribution is -0.114. The number of anilines is 1. The molecule has 0 saturated heterocycles. The van der Waals surface area contributed by atoms with Crippen molar-refractivity contribution in [2.24, 2.45) is 5.73 Å². The molecule has 136 valence electrons. The normalized spacial score (nSPS) is 9.84. The topological polar surface area (TPSA) is 106 Å². The minimum Gasteiger partial charge on any atom is -0.492 e. The van der Waals surface area contributed by atoms with Crippen LogP contribution in [0.3, 0.4) is 0 Å². The van der Waals surface area contributed by atoms with Crippen LogP contribution in [0.25, 0.3) is 0 Å². The van der Waals surface area contributed by atoms with Crippen LogP contribution in [0, 0.1) is 0 Å². The molecule has 2 amide bonds. The number of ether oxygens (including phenoxy) is 1. The third-order valence-electron chi connectivity index (χ3n) is 2.95. The fourth-order valence-corrected chi connectivity index (χ4v) is 2.74. The Labute approximate surface area is 156 Å². The van der Waals surface area contributed by atoms with E-state index in [0.29, 0.717) is 43.2 Å². The molecular weight excluding hydrogens is 364 g/mol. The Kier molecular flexibility index (Phi) is 8.90. The maximum Gasteiger partial charge on any atom is 0.270 e. The molecule has 0 atom stereocenters. The fraction of sp³-hybridized carbons (Fsp3) is 0.312. The van der Waals surface area contributed by atoms with Gasteiger partial charge in [0.05, 0.1) is 11.6 Å². The van der Waals surface area contributed by atoms with Crippen LogP contribution in [0.15, 0.2) is 29.6 Å². The van der Waals surface area contributed by atoms with Crippen molar-refractivity contribution in [1.82, 2.24) is 10.3 Å². The van der Waals surface area contributed by atoms with Crippen molar-refractivity contribution in [3.05, 3.63) is 40.3 Å². The Morgan fingerprint density at radius 1 is 1.36 bits per heavy atom. The molecular formula is C16H21ClN4O3S. The smallest absolute Gasteiger partial charge is 0.270 e. The SMILES string of the molecule is CC(=O)Nc1cccc(OCCNC(=O)c2csc(CCN)n2)c1.Cl. The number of benzene rings is 1. The van der Waals surface area contributed by atoms with Gasteiger partial charge in [-0.1, -0.05) is 6.07 Å². The number of hydrogen-bond acceptors (Lipinski definition) is 6. The lowest BCUT2D eigenvalue weighted by Gasteiger charge is -2.09. The molecule has 2 aromatic rings. The predicted octanol–water partition coefficient (Wildman–Crippen LogP) is 1.83. The molecule has 2 rings (SSSR count). The Hall–Kier alpha value is -2.16. The van der Waals surface area contributed by atoms with Crippen LogP contribution in [0.4, 0.5) is 5.69 Å². The molecule has 0 aliphatic rings. The van der Waals surface area contributed by atoms with Crippen molar-refractivity contribution < 1.29 is 14.3 Å². The molecule has 25 heavy (non-hydrogen) atoms. The molecule has 0 radical (unpaired) electrons. The first kappa shape index (κ1) is 20.9. The van der Waals surface area contributed by atoms with Gasteiger partial charge in [0.2, 0.25) is 5.91 Å². The molecule has 1 heterocycles. The number of nitrogens with two attached hydrogens (primary N) is 1. The maximum atomic E-state index is 11.9. The van der Waals surface area contributed by atoms with Crippen molar-refractivity contribution in [2.75, 3.05) is 25.0 Å². The summed E-state index contributed by atoms with van der Waals surface area (Å²) in [5, 5.41) is 8.01. The first-order valence-corrected chi connectivity index (χ1v) is 8.39. The second kappa shape index (κ2) is 10.7. The third-order valence-corrected chi connectivity index (χ3v) is 3.86. The highest BCUT2D eigenvalue weighted by Gasteiger charge is 2.09. The number of carbonyl (C=O) groups excluding carboxylic acids is 2. The van der Waals surface area contributed by atoms with Crippen molar-refractivity contribution in [3.63, 3.8) is 0 Å². The summed E-state index contributed by atoms with van der Waals surface area (Å²) in [6, 6.07) is 7.07. The molecule has 0 aliphatic heterocycles. The molecule has 1 aromatic heterocycles. The highest BCUT2D eigenvalue weighted by molar-refractivity contribution is 7.09. The van der Waals surface area contributed by atoms with Gasteiger partial charge in [0.1, 0.15) is 18.1 Å². The predicted molar refractivity (Wildman–Crippen MR) is 101 cm³/mol. The average molecular weight is 385 g/mol. The summed E-state index contributed by atoms with van der Waals surface area (Å²) < 4.78 is 5.56. The van der Waals surface area contributed by atoms with Crippen LogP contribution in [0.1, 0.15) is 22.4 Å². The van der Waals surface area contributed by atoms with E-state index in [4.69, 9.17) is 10.5 Å². The monoisotopic (exact) mass is 384 g/mol. The highest BCUT2D eigenvalue weighted by Crippen LogP contribution is 2.17. The van der Waals surface area contributed by atoms with Crippen molar-refractivity contribution >= 4 is 41.2 Å².